The van der Waals surface area contributed by atoms with Gasteiger partial charge in [-0.2, -0.15) is 0 Å². The summed E-state index contributed by atoms with van der Waals surface area (Å²) in [6.45, 7) is 5.36. The molecule has 166 valence electrons. The van der Waals surface area contributed by atoms with Crippen molar-refractivity contribution in [3.63, 3.8) is 0 Å². The van der Waals surface area contributed by atoms with Gasteiger partial charge in [-0.3, -0.25) is 9.59 Å². The van der Waals surface area contributed by atoms with Gasteiger partial charge in [-0.25, -0.2) is 0 Å². The van der Waals surface area contributed by atoms with Crippen molar-refractivity contribution >= 4 is 27.8 Å². The van der Waals surface area contributed by atoms with Gasteiger partial charge in [0.1, 0.15) is 26.4 Å². The Morgan fingerprint density at radius 1 is 1.00 bits per heavy atom. The molecule has 3 rings (SSSR count). The topological polar surface area (TPSA) is 92.3 Å². The summed E-state index contributed by atoms with van der Waals surface area (Å²) in [6, 6.07) is 8.41. The predicted molar refractivity (Wildman–Crippen MR) is 116 cm³/mol. The van der Waals surface area contributed by atoms with Crippen molar-refractivity contribution in [1.82, 2.24) is 5.32 Å². The molecule has 0 saturated heterocycles. The van der Waals surface area contributed by atoms with Gasteiger partial charge in [-0.1, -0.05) is 15.9 Å². The fraction of sp³-hybridized carbons (Fsp3) is 0.364. The molecule has 0 saturated carbocycles. The third-order valence-corrected chi connectivity index (χ3v) is 5.04. The van der Waals surface area contributed by atoms with E-state index >= 15 is 0 Å². The van der Waals surface area contributed by atoms with Crippen LogP contribution in [0.4, 0.5) is 0 Å². The Bertz CT molecular complexity index is 948. The van der Waals surface area contributed by atoms with E-state index < -0.39 is 11.9 Å². The molecule has 0 spiro atoms. The van der Waals surface area contributed by atoms with E-state index in [0.717, 1.165) is 10.0 Å². The van der Waals surface area contributed by atoms with Gasteiger partial charge < -0.3 is 29.0 Å². The summed E-state index contributed by atoms with van der Waals surface area (Å²) in [5.41, 5.74) is 1.09. The lowest BCUT2D eigenvalue weighted by Crippen LogP contribution is -2.30. The van der Waals surface area contributed by atoms with E-state index in [-0.39, 0.29) is 13.2 Å². The molecule has 0 unspecified atom stereocenters. The van der Waals surface area contributed by atoms with Gasteiger partial charge in [0, 0.05) is 15.6 Å². The number of hydrogen-bond acceptors (Lipinski definition) is 7. The Morgan fingerprint density at radius 2 is 1.68 bits per heavy atom. The van der Waals surface area contributed by atoms with Crippen molar-refractivity contribution in [3.05, 3.63) is 45.9 Å². The summed E-state index contributed by atoms with van der Waals surface area (Å²) in [6.07, 6.45) is 0. The number of esters is 1. The quantitative estimate of drug-likeness (QED) is 0.534. The van der Waals surface area contributed by atoms with Crippen LogP contribution < -0.4 is 24.3 Å². The summed E-state index contributed by atoms with van der Waals surface area (Å²) in [5.74, 6) is 1.30. The van der Waals surface area contributed by atoms with Gasteiger partial charge in [0.05, 0.1) is 13.2 Å². The van der Waals surface area contributed by atoms with Gasteiger partial charge in [-0.15, -0.1) is 0 Å². The molecule has 2 aromatic carbocycles. The van der Waals surface area contributed by atoms with Crippen LogP contribution >= 0.6 is 15.9 Å². The maximum absolute atomic E-state index is 12.4. The molecule has 8 nitrogen and oxygen atoms in total. The number of amides is 1. The molecule has 2 aromatic rings. The molecule has 9 heteroatoms. The average molecular weight is 494 g/mol. The Hall–Kier alpha value is -2.94. The standard InChI is InChI=1S/C22H24BrNO7/c1-3-27-17-6-5-14(9-18(17)28-4-2)22(26)24-12-21(25)31-13-15-10-19-20(11-16(15)23)30-8-7-29-19/h5-6,9-11H,3-4,7-8,12-13H2,1-2H3,(H,24,26). The van der Waals surface area contributed by atoms with Crippen LogP contribution in [0.15, 0.2) is 34.8 Å². The van der Waals surface area contributed by atoms with Crippen LogP contribution in [-0.2, 0) is 16.1 Å². The lowest BCUT2D eigenvalue weighted by molar-refractivity contribution is -0.143. The van der Waals surface area contributed by atoms with Crippen molar-refractivity contribution < 1.29 is 33.3 Å². The zero-order valence-corrected chi connectivity index (χ0v) is 19.0. The maximum Gasteiger partial charge on any atom is 0.325 e. The van der Waals surface area contributed by atoms with Crippen LogP contribution in [-0.4, -0.2) is 44.8 Å². The number of nitrogens with one attached hydrogen (secondary N) is 1. The molecule has 1 N–H and O–H groups in total. The van der Waals surface area contributed by atoms with E-state index in [2.05, 4.69) is 21.2 Å². The van der Waals surface area contributed by atoms with Crippen molar-refractivity contribution in [1.29, 1.82) is 0 Å². The molecule has 0 aliphatic carbocycles. The zero-order chi connectivity index (χ0) is 22.2. The molecule has 1 aliphatic heterocycles. The Kier molecular flexibility index (Phi) is 8.00. The van der Waals surface area contributed by atoms with Gasteiger partial charge >= 0.3 is 5.97 Å². The largest absolute Gasteiger partial charge is 0.490 e. The minimum absolute atomic E-state index is 0.0312. The predicted octanol–water partition coefficient (Wildman–Crippen LogP) is 3.49. The first kappa shape index (κ1) is 22.7. The molecular weight excluding hydrogens is 470 g/mol. The highest BCUT2D eigenvalue weighted by atomic mass is 79.9. The maximum atomic E-state index is 12.4. The molecule has 0 atom stereocenters. The molecule has 0 fully saturated rings. The van der Waals surface area contributed by atoms with Crippen LogP contribution in [0, 0.1) is 0 Å². The second-order valence-electron chi connectivity index (χ2n) is 6.46. The van der Waals surface area contributed by atoms with E-state index in [1.165, 1.54) is 0 Å². The zero-order valence-electron chi connectivity index (χ0n) is 17.4. The van der Waals surface area contributed by atoms with Crippen molar-refractivity contribution in [2.75, 3.05) is 33.0 Å². The molecular formula is C22H24BrNO7. The molecule has 1 heterocycles. The summed E-state index contributed by atoms with van der Waals surface area (Å²) >= 11 is 3.44. The summed E-state index contributed by atoms with van der Waals surface area (Å²) in [5, 5.41) is 2.55. The highest BCUT2D eigenvalue weighted by molar-refractivity contribution is 9.10. The molecule has 0 bridgehead atoms. The third-order valence-electron chi connectivity index (χ3n) is 4.30. The number of rotatable bonds is 9. The Morgan fingerprint density at radius 3 is 2.39 bits per heavy atom. The fourth-order valence-corrected chi connectivity index (χ4v) is 3.31. The monoisotopic (exact) mass is 493 g/mol. The smallest absolute Gasteiger partial charge is 0.325 e. The number of hydrogen-bond donors (Lipinski definition) is 1. The fourth-order valence-electron chi connectivity index (χ4n) is 2.87. The molecule has 31 heavy (non-hydrogen) atoms. The first-order valence-corrected chi connectivity index (χ1v) is 10.7. The number of fused-ring (bicyclic) bond motifs is 1. The number of carbonyl (C=O) groups is 2. The van der Waals surface area contributed by atoms with Crippen molar-refractivity contribution in [2.45, 2.75) is 20.5 Å². The first-order valence-electron chi connectivity index (χ1n) is 9.93. The van der Waals surface area contributed by atoms with E-state index in [0.29, 0.717) is 55.0 Å². The Balaban J connectivity index is 1.54. The second-order valence-corrected chi connectivity index (χ2v) is 7.31. The highest BCUT2D eigenvalue weighted by Crippen LogP contribution is 2.35. The van der Waals surface area contributed by atoms with Crippen molar-refractivity contribution in [3.8, 4) is 23.0 Å². The van der Waals surface area contributed by atoms with E-state index in [1.54, 1.807) is 30.3 Å². The summed E-state index contributed by atoms with van der Waals surface area (Å²) in [7, 11) is 0. The van der Waals surface area contributed by atoms with Crippen LogP contribution in [0.1, 0.15) is 29.8 Å². The van der Waals surface area contributed by atoms with Crippen molar-refractivity contribution in [2.24, 2.45) is 0 Å². The third kappa shape index (κ3) is 6.04. The first-order chi connectivity index (χ1) is 15.0. The minimum atomic E-state index is -0.564. The van der Waals surface area contributed by atoms with Gasteiger partial charge in [0.25, 0.3) is 5.91 Å². The molecule has 0 radical (unpaired) electrons. The lowest BCUT2D eigenvalue weighted by atomic mass is 10.2. The van der Waals surface area contributed by atoms with Crippen LogP contribution in [0.2, 0.25) is 0 Å². The lowest BCUT2D eigenvalue weighted by Gasteiger charge is -2.19. The van der Waals surface area contributed by atoms with Gasteiger partial charge in [0.2, 0.25) is 0 Å². The number of halogens is 1. The second kappa shape index (κ2) is 10.9. The summed E-state index contributed by atoms with van der Waals surface area (Å²) in [4.78, 5) is 24.5. The van der Waals surface area contributed by atoms with E-state index in [9.17, 15) is 9.59 Å². The van der Waals surface area contributed by atoms with Gasteiger partial charge in [0.15, 0.2) is 23.0 Å². The Labute approximate surface area is 188 Å². The average Bonchev–Trinajstić information content (AvgIpc) is 2.77. The van der Waals surface area contributed by atoms with Crippen LogP contribution in [0.5, 0.6) is 23.0 Å². The number of ether oxygens (including phenoxy) is 5. The highest BCUT2D eigenvalue weighted by Gasteiger charge is 2.17. The summed E-state index contributed by atoms with van der Waals surface area (Å²) < 4.78 is 28.1. The molecule has 1 amide bonds. The van der Waals surface area contributed by atoms with E-state index in [1.807, 2.05) is 13.8 Å². The van der Waals surface area contributed by atoms with Crippen LogP contribution in [0.3, 0.4) is 0 Å². The van der Waals surface area contributed by atoms with Crippen LogP contribution in [0.25, 0.3) is 0 Å². The molecule has 0 aromatic heterocycles. The number of carbonyl (C=O) groups excluding carboxylic acids is 2. The molecule has 1 aliphatic rings. The van der Waals surface area contributed by atoms with Gasteiger partial charge in [-0.05, 0) is 44.2 Å². The van der Waals surface area contributed by atoms with E-state index in [4.69, 9.17) is 23.7 Å². The minimum Gasteiger partial charge on any atom is -0.490 e. The normalized spacial score (nSPS) is 12.1. The SMILES string of the molecule is CCOc1ccc(C(=O)NCC(=O)OCc2cc3c(cc2Br)OCCO3)cc1OCC. The number of benzene rings is 2.